The van der Waals surface area contributed by atoms with Crippen LogP contribution in [-0.4, -0.2) is 39.9 Å². The molecule has 1 N–H and O–H groups in total. The first-order valence-electron chi connectivity index (χ1n) is 6.55. The molecule has 0 aliphatic rings. The van der Waals surface area contributed by atoms with Gasteiger partial charge in [0, 0.05) is 30.8 Å². The minimum Gasteiger partial charge on any atom is -0.481 e. The van der Waals surface area contributed by atoms with Crippen molar-refractivity contribution >= 4 is 17.6 Å². The highest BCUT2D eigenvalue weighted by Gasteiger charge is 2.23. The highest BCUT2D eigenvalue weighted by molar-refractivity contribution is 5.96. The number of carbonyl (C=O) groups excluding carboxylic acids is 1. The maximum Gasteiger partial charge on any atom is 0.308 e. The summed E-state index contributed by atoms with van der Waals surface area (Å²) < 4.78 is 0. The first-order valence-corrected chi connectivity index (χ1v) is 6.55. The van der Waals surface area contributed by atoms with Crippen LogP contribution in [0.4, 0.5) is 5.69 Å². The Kier molecular flexibility index (Phi) is 5.40. The number of nitrogens with zero attached hydrogens (tertiary/aromatic N) is 2. The smallest absolute Gasteiger partial charge is 0.308 e. The highest BCUT2D eigenvalue weighted by Crippen LogP contribution is 2.19. The molecule has 1 atom stereocenters. The molecule has 0 fully saturated rings. The summed E-state index contributed by atoms with van der Waals surface area (Å²) in [4.78, 5) is 34.9. The second-order valence-corrected chi connectivity index (χ2v) is 4.84. The number of aliphatic carboxylic acids is 1. The Morgan fingerprint density at radius 1 is 1.43 bits per heavy atom. The zero-order chi connectivity index (χ0) is 16.2. The van der Waals surface area contributed by atoms with Gasteiger partial charge in [0.1, 0.15) is 0 Å². The van der Waals surface area contributed by atoms with Gasteiger partial charge in [-0.2, -0.15) is 0 Å². The predicted molar refractivity (Wildman–Crippen MR) is 76.2 cm³/mol. The van der Waals surface area contributed by atoms with Crippen molar-refractivity contribution in [2.24, 2.45) is 5.92 Å². The zero-order valence-electron chi connectivity index (χ0n) is 12.2. The van der Waals surface area contributed by atoms with Gasteiger partial charge >= 0.3 is 5.97 Å². The molecule has 0 heterocycles. The van der Waals surface area contributed by atoms with Crippen LogP contribution in [0, 0.1) is 23.0 Å². The number of benzene rings is 1. The standard InChI is InChI=1S/C14H18N2O5/c1-4-15(8-10(3)14(18)19)13(17)12-7-11(16(20)21)6-5-9(12)2/h5-7,10H,4,8H2,1-3H3,(H,18,19). The summed E-state index contributed by atoms with van der Waals surface area (Å²) in [7, 11) is 0. The Balaban J connectivity index is 3.07. The molecule has 0 aromatic heterocycles. The van der Waals surface area contributed by atoms with Crippen LogP contribution in [0.5, 0.6) is 0 Å². The fourth-order valence-electron chi connectivity index (χ4n) is 1.89. The number of aryl methyl sites for hydroxylation is 1. The summed E-state index contributed by atoms with van der Waals surface area (Å²) in [5.41, 5.74) is 0.682. The molecule has 7 nitrogen and oxygen atoms in total. The lowest BCUT2D eigenvalue weighted by atomic mass is 10.1. The van der Waals surface area contributed by atoms with Crippen LogP contribution < -0.4 is 0 Å². The van der Waals surface area contributed by atoms with E-state index in [1.807, 2.05) is 0 Å². The molecule has 0 spiro atoms. The number of amides is 1. The van der Waals surface area contributed by atoms with Gasteiger partial charge in [0.25, 0.3) is 11.6 Å². The number of rotatable bonds is 6. The fourth-order valence-corrected chi connectivity index (χ4v) is 1.89. The Bertz CT molecular complexity index is 570. The monoisotopic (exact) mass is 294 g/mol. The van der Waals surface area contributed by atoms with Gasteiger partial charge in [0.05, 0.1) is 10.8 Å². The van der Waals surface area contributed by atoms with E-state index in [-0.39, 0.29) is 17.8 Å². The van der Waals surface area contributed by atoms with E-state index >= 15 is 0 Å². The number of nitro benzene ring substituents is 1. The van der Waals surface area contributed by atoms with E-state index in [1.54, 1.807) is 13.8 Å². The van der Waals surface area contributed by atoms with Crippen LogP contribution in [0.15, 0.2) is 18.2 Å². The number of carbonyl (C=O) groups is 2. The van der Waals surface area contributed by atoms with Gasteiger partial charge in [-0.15, -0.1) is 0 Å². The number of hydrogen-bond donors (Lipinski definition) is 1. The fraction of sp³-hybridized carbons (Fsp3) is 0.429. The van der Waals surface area contributed by atoms with E-state index in [1.165, 1.54) is 30.0 Å². The van der Waals surface area contributed by atoms with E-state index in [9.17, 15) is 19.7 Å². The second-order valence-electron chi connectivity index (χ2n) is 4.84. The van der Waals surface area contributed by atoms with Gasteiger partial charge in [-0.25, -0.2) is 0 Å². The maximum atomic E-state index is 12.4. The van der Waals surface area contributed by atoms with Crippen molar-refractivity contribution in [3.05, 3.63) is 39.4 Å². The van der Waals surface area contributed by atoms with Crippen LogP contribution in [0.3, 0.4) is 0 Å². The molecule has 21 heavy (non-hydrogen) atoms. The van der Waals surface area contributed by atoms with Crippen molar-refractivity contribution in [3.63, 3.8) is 0 Å². The van der Waals surface area contributed by atoms with Crippen LogP contribution in [-0.2, 0) is 4.79 Å². The van der Waals surface area contributed by atoms with Gasteiger partial charge in [0.2, 0.25) is 0 Å². The number of nitro groups is 1. The third-order valence-corrected chi connectivity index (χ3v) is 3.25. The number of hydrogen-bond acceptors (Lipinski definition) is 4. The van der Waals surface area contributed by atoms with Crippen molar-refractivity contribution < 1.29 is 19.6 Å². The normalized spacial score (nSPS) is 11.8. The van der Waals surface area contributed by atoms with E-state index < -0.39 is 22.7 Å². The maximum absolute atomic E-state index is 12.4. The molecular weight excluding hydrogens is 276 g/mol. The molecule has 1 unspecified atom stereocenters. The molecule has 1 aromatic carbocycles. The summed E-state index contributed by atoms with van der Waals surface area (Å²) >= 11 is 0. The third kappa shape index (κ3) is 4.01. The summed E-state index contributed by atoms with van der Waals surface area (Å²) in [5.74, 6) is -2.09. The van der Waals surface area contributed by atoms with Crippen LogP contribution in [0.25, 0.3) is 0 Å². The first kappa shape index (κ1) is 16.6. The summed E-state index contributed by atoms with van der Waals surface area (Å²) in [6.07, 6.45) is 0. The molecule has 0 radical (unpaired) electrons. The van der Waals surface area contributed by atoms with E-state index in [4.69, 9.17) is 5.11 Å². The van der Waals surface area contributed by atoms with E-state index in [0.29, 0.717) is 12.1 Å². The minimum atomic E-state index is -0.989. The lowest BCUT2D eigenvalue weighted by Gasteiger charge is -2.23. The molecule has 1 aromatic rings. The largest absolute Gasteiger partial charge is 0.481 e. The van der Waals surface area contributed by atoms with Crippen LogP contribution in [0.2, 0.25) is 0 Å². The zero-order valence-corrected chi connectivity index (χ0v) is 12.2. The van der Waals surface area contributed by atoms with Crippen molar-refractivity contribution in [3.8, 4) is 0 Å². The van der Waals surface area contributed by atoms with E-state index in [0.717, 1.165) is 0 Å². The SMILES string of the molecule is CCN(CC(C)C(=O)O)C(=O)c1cc([N+](=O)[O-])ccc1C. The van der Waals surface area contributed by atoms with Crippen molar-refractivity contribution in [2.75, 3.05) is 13.1 Å². The minimum absolute atomic E-state index is 0.0623. The van der Waals surface area contributed by atoms with Crippen molar-refractivity contribution in [1.82, 2.24) is 4.90 Å². The van der Waals surface area contributed by atoms with Crippen molar-refractivity contribution in [1.29, 1.82) is 0 Å². The summed E-state index contributed by atoms with van der Waals surface area (Å²) in [5, 5.41) is 19.7. The predicted octanol–water partition coefficient (Wildman–Crippen LogP) is 2.09. The topological polar surface area (TPSA) is 101 Å². The Morgan fingerprint density at radius 3 is 2.52 bits per heavy atom. The molecule has 7 heteroatoms. The Morgan fingerprint density at radius 2 is 2.05 bits per heavy atom. The summed E-state index contributed by atoms with van der Waals surface area (Å²) in [6, 6.07) is 4.08. The number of carboxylic acid groups (broad SMARTS) is 1. The molecule has 0 saturated heterocycles. The molecule has 114 valence electrons. The lowest BCUT2D eigenvalue weighted by Crippen LogP contribution is -2.37. The van der Waals surface area contributed by atoms with Gasteiger partial charge in [-0.1, -0.05) is 13.0 Å². The Labute approximate surface area is 122 Å². The number of non-ortho nitro benzene ring substituents is 1. The highest BCUT2D eigenvalue weighted by atomic mass is 16.6. The molecule has 0 aliphatic carbocycles. The van der Waals surface area contributed by atoms with E-state index in [2.05, 4.69) is 0 Å². The van der Waals surface area contributed by atoms with Gasteiger partial charge < -0.3 is 10.0 Å². The summed E-state index contributed by atoms with van der Waals surface area (Å²) in [6.45, 7) is 5.33. The Hall–Kier alpha value is -2.44. The van der Waals surface area contributed by atoms with Crippen molar-refractivity contribution in [2.45, 2.75) is 20.8 Å². The van der Waals surface area contributed by atoms with Crippen LogP contribution in [0.1, 0.15) is 29.8 Å². The van der Waals surface area contributed by atoms with Gasteiger partial charge in [0.15, 0.2) is 0 Å². The van der Waals surface area contributed by atoms with Gasteiger partial charge in [-0.05, 0) is 19.4 Å². The molecule has 0 aliphatic heterocycles. The number of carboxylic acids is 1. The average molecular weight is 294 g/mol. The average Bonchev–Trinajstić information content (AvgIpc) is 2.43. The van der Waals surface area contributed by atoms with Crippen LogP contribution >= 0.6 is 0 Å². The molecular formula is C14H18N2O5. The third-order valence-electron chi connectivity index (χ3n) is 3.25. The van der Waals surface area contributed by atoms with Gasteiger partial charge in [-0.3, -0.25) is 19.7 Å². The quantitative estimate of drug-likeness (QED) is 0.639. The lowest BCUT2D eigenvalue weighted by molar-refractivity contribution is -0.384. The first-order chi connectivity index (χ1) is 9.77. The second kappa shape index (κ2) is 6.83. The molecule has 0 bridgehead atoms. The molecule has 1 rings (SSSR count). The molecule has 1 amide bonds. The molecule has 0 saturated carbocycles.